The van der Waals surface area contributed by atoms with Crippen molar-refractivity contribution in [3.63, 3.8) is 0 Å². The first-order valence-electron chi connectivity index (χ1n) is 14.9. The van der Waals surface area contributed by atoms with Gasteiger partial charge in [0.1, 0.15) is 6.61 Å². The lowest BCUT2D eigenvalue weighted by Crippen LogP contribution is -2.57. The highest BCUT2D eigenvalue weighted by Crippen LogP contribution is 2.42. The van der Waals surface area contributed by atoms with E-state index < -0.39 is 22.9 Å². The van der Waals surface area contributed by atoms with Crippen molar-refractivity contribution in [2.24, 2.45) is 0 Å². The van der Waals surface area contributed by atoms with Crippen molar-refractivity contribution in [2.75, 3.05) is 0 Å². The Hall–Kier alpha value is -1.30. The third kappa shape index (κ3) is 10.5. The van der Waals surface area contributed by atoms with E-state index in [9.17, 15) is 4.79 Å². The van der Waals surface area contributed by atoms with Gasteiger partial charge in [0.05, 0.1) is 24.4 Å². The van der Waals surface area contributed by atoms with E-state index in [1.807, 2.05) is 36.4 Å². The van der Waals surface area contributed by atoms with Crippen LogP contribution in [0.3, 0.4) is 0 Å². The van der Waals surface area contributed by atoms with E-state index in [0.717, 1.165) is 18.4 Å². The number of hydrogen-bond donors (Lipinski definition) is 0. The number of carbonyl (C=O) groups excluding carboxylic acids is 1. The molecule has 0 unspecified atom stereocenters. The molecule has 6 nitrogen and oxygen atoms in total. The van der Waals surface area contributed by atoms with E-state index in [4.69, 9.17) is 23.1 Å². The summed E-state index contributed by atoms with van der Waals surface area (Å²) in [6.45, 7) is 27.1. The van der Waals surface area contributed by atoms with Crippen LogP contribution in [0, 0.1) is 0 Å². The van der Waals surface area contributed by atoms with E-state index in [1.54, 1.807) is 0 Å². The number of allylic oxidation sites excluding steroid dienone is 1. The molecule has 1 fully saturated rings. The van der Waals surface area contributed by atoms with Crippen molar-refractivity contribution in [1.29, 1.82) is 0 Å². The Morgan fingerprint density at radius 2 is 1.52 bits per heavy atom. The molecule has 0 aromatic heterocycles. The van der Waals surface area contributed by atoms with Gasteiger partial charge in [0.2, 0.25) is 0 Å². The normalized spacial score (nSPS) is 23.8. The van der Waals surface area contributed by atoms with E-state index in [0.29, 0.717) is 6.42 Å². The van der Waals surface area contributed by atoms with E-state index in [2.05, 4.69) is 81.6 Å². The van der Waals surface area contributed by atoms with Crippen molar-refractivity contribution in [1.82, 2.24) is 0 Å². The number of benzene rings is 1. The average Bonchev–Trinajstić information content (AvgIpc) is 2.82. The highest BCUT2D eigenvalue weighted by atomic mass is 28.4. The minimum atomic E-state index is -2.08. The maximum Gasteiger partial charge on any atom is 0.330 e. The summed E-state index contributed by atoms with van der Waals surface area (Å²) < 4.78 is 32.0. The van der Waals surface area contributed by atoms with Crippen LogP contribution < -0.4 is 0 Å². The highest BCUT2D eigenvalue weighted by molar-refractivity contribution is 6.74. The van der Waals surface area contributed by atoms with E-state index in [1.165, 1.54) is 6.08 Å². The van der Waals surface area contributed by atoms with Gasteiger partial charge in [0.25, 0.3) is 0 Å². The van der Waals surface area contributed by atoms with Gasteiger partial charge in [-0.25, -0.2) is 4.79 Å². The van der Waals surface area contributed by atoms with Crippen LogP contribution in [0.5, 0.6) is 0 Å². The van der Waals surface area contributed by atoms with Gasteiger partial charge in [0, 0.05) is 12.5 Å². The molecule has 0 saturated carbocycles. The fourth-order valence-corrected chi connectivity index (χ4v) is 6.70. The molecule has 1 heterocycles. The quantitative estimate of drug-likeness (QED) is 0.138. The smallest absolute Gasteiger partial charge is 0.330 e. The van der Waals surface area contributed by atoms with Crippen molar-refractivity contribution in [3.8, 4) is 0 Å². The van der Waals surface area contributed by atoms with Crippen LogP contribution >= 0.6 is 0 Å². The van der Waals surface area contributed by atoms with Crippen LogP contribution in [-0.2, 0) is 34.5 Å². The van der Waals surface area contributed by atoms with Gasteiger partial charge in [-0.05, 0) is 68.5 Å². The molecule has 5 atom stereocenters. The van der Waals surface area contributed by atoms with E-state index >= 15 is 0 Å². The molecule has 1 aliphatic rings. The molecule has 8 heteroatoms. The zero-order chi connectivity index (χ0) is 30.4. The van der Waals surface area contributed by atoms with Gasteiger partial charge in [-0.1, -0.05) is 78.0 Å². The molecule has 228 valence electrons. The number of esters is 1. The van der Waals surface area contributed by atoms with Crippen molar-refractivity contribution in [3.05, 3.63) is 48.0 Å². The molecule has 1 saturated heterocycles. The van der Waals surface area contributed by atoms with Crippen LogP contribution in [0.4, 0.5) is 0 Å². The van der Waals surface area contributed by atoms with Crippen molar-refractivity contribution >= 4 is 22.6 Å². The zero-order valence-electron chi connectivity index (χ0n) is 27.2. The SMILES string of the molecule is C[C@H](CC/C=C/C(=O)OCc1ccccc1)O[C@@H]1O[C@@H](C)[C@H](O[Si](C)(C)C(C)(C)C)C[C@H]1O[Si](C)(C)C(C)(C)C. The molecular weight excluding hydrogens is 537 g/mol. The first-order chi connectivity index (χ1) is 18.3. The number of rotatable bonds is 12. The zero-order valence-corrected chi connectivity index (χ0v) is 29.2. The van der Waals surface area contributed by atoms with Gasteiger partial charge in [0.15, 0.2) is 22.9 Å². The molecule has 0 bridgehead atoms. The largest absolute Gasteiger partial charge is 0.458 e. The highest BCUT2D eigenvalue weighted by Gasteiger charge is 2.48. The van der Waals surface area contributed by atoms with Gasteiger partial charge in [-0.3, -0.25) is 0 Å². The van der Waals surface area contributed by atoms with Gasteiger partial charge < -0.3 is 23.1 Å². The Balaban J connectivity index is 2.00. The first-order valence-corrected chi connectivity index (χ1v) is 20.7. The summed E-state index contributed by atoms with van der Waals surface area (Å²) >= 11 is 0. The third-order valence-electron chi connectivity index (χ3n) is 8.73. The van der Waals surface area contributed by atoms with Crippen LogP contribution in [0.2, 0.25) is 36.3 Å². The topological polar surface area (TPSA) is 63.2 Å². The van der Waals surface area contributed by atoms with Crippen LogP contribution in [-0.4, -0.2) is 53.3 Å². The Bertz CT molecular complexity index is 948. The Labute approximate surface area is 246 Å². The molecule has 0 N–H and O–H groups in total. The molecular formula is C32H56O6Si2. The summed E-state index contributed by atoms with van der Waals surface area (Å²) in [6.07, 6.45) is 4.72. The second-order valence-electron chi connectivity index (χ2n) is 14.3. The second kappa shape index (κ2) is 14.2. The monoisotopic (exact) mass is 592 g/mol. The molecule has 0 amide bonds. The van der Waals surface area contributed by atoms with Crippen LogP contribution in [0.25, 0.3) is 0 Å². The maximum absolute atomic E-state index is 12.1. The van der Waals surface area contributed by atoms with Crippen LogP contribution in [0.15, 0.2) is 42.5 Å². The lowest BCUT2D eigenvalue weighted by molar-refractivity contribution is -0.268. The molecule has 40 heavy (non-hydrogen) atoms. The van der Waals surface area contributed by atoms with Gasteiger partial charge in [-0.2, -0.15) is 0 Å². The molecule has 0 spiro atoms. The molecule has 1 aromatic carbocycles. The minimum Gasteiger partial charge on any atom is -0.458 e. The molecule has 1 aromatic rings. The predicted octanol–water partition coefficient (Wildman–Crippen LogP) is 8.39. The average molecular weight is 593 g/mol. The summed E-state index contributed by atoms with van der Waals surface area (Å²) in [7, 11) is -4.06. The molecule has 2 rings (SSSR count). The van der Waals surface area contributed by atoms with Gasteiger partial charge in [-0.15, -0.1) is 0 Å². The Kier molecular flexibility index (Phi) is 12.4. The molecule has 0 radical (unpaired) electrons. The number of carbonyl (C=O) groups is 1. The maximum atomic E-state index is 12.1. The first kappa shape index (κ1) is 34.9. The fraction of sp³-hybridized carbons (Fsp3) is 0.719. The standard InChI is InChI=1S/C32H56O6Si2/c1-24(18-16-17-21-29(33)34-23-26-19-14-13-15-20-26)35-30-28(38-40(11,12)32(6,7)8)22-27(25(2)36-30)37-39(9,10)31(3,4)5/h13-15,17,19-21,24-25,27-28,30H,16,18,22-23H2,1-12H3/b21-17+/t24-,25+,27-,28-,30-/m1/s1. The summed E-state index contributed by atoms with van der Waals surface area (Å²) in [4.78, 5) is 12.1. The van der Waals surface area contributed by atoms with E-state index in [-0.39, 0.29) is 47.1 Å². The number of hydrogen-bond acceptors (Lipinski definition) is 6. The summed E-state index contributed by atoms with van der Waals surface area (Å²) in [5, 5.41) is 0.188. The second-order valence-corrected chi connectivity index (χ2v) is 23.8. The lowest BCUT2D eigenvalue weighted by atomic mass is 10.0. The lowest BCUT2D eigenvalue weighted by Gasteiger charge is -2.48. The van der Waals surface area contributed by atoms with Crippen LogP contribution in [0.1, 0.15) is 80.2 Å². The van der Waals surface area contributed by atoms with Crippen molar-refractivity contribution in [2.45, 2.75) is 148 Å². The Morgan fingerprint density at radius 1 is 0.975 bits per heavy atom. The minimum absolute atomic E-state index is 0.0318. The molecule has 1 aliphatic heterocycles. The molecule has 0 aliphatic carbocycles. The number of ether oxygens (including phenoxy) is 3. The Morgan fingerprint density at radius 3 is 2.08 bits per heavy atom. The fourth-order valence-electron chi connectivity index (χ4n) is 3.98. The summed E-state index contributed by atoms with van der Waals surface area (Å²) in [5.74, 6) is -0.336. The summed E-state index contributed by atoms with van der Waals surface area (Å²) in [5.41, 5.74) is 0.972. The van der Waals surface area contributed by atoms with Gasteiger partial charge >= 0.3 is 5.97 Å². The predicted molar refractivity (Wildman–Crippen MR) is 168 cm³/mol. The third-order valence-corrected chi connectivity index (χ3v) is 17.7. The summed E-state index contributed by atoms with van der Waals surface area (Å²) in [6, 6.07) is 9.68. The van der Waals surface area contributed by atoms with Crippen molar-refractivity contribution < 1.29 is 27.9 Å².